The summed E-state index contributed by atoms with van der Waals surface area (Å²) in [5.74, 6) is 0. The topological polar surface area (TPSA) is 15.3 Å². The second-order valence-electron chi connectivity index (χ2n) is 3.02. The number of likely N-dealkylation sites (N-methyl/N-ethyl adjacent to an activating group) is 1. The second kappa shape index (κ2) is 10.0. The number of nitrogens with one attached hydrogen (secondary N) is 1. The molecule has 0 spiro atoms. The highest BCUT2D eigenvalue weighted by molar-refractivity contribution is 4.79. The van der Waals surface area contributed by atoms with Crippen LogP contribution in [0.2, 0.25) is 0 Å². The lowest BCUT2D eigenvalue weighted by Gasteiger charge is -2.36. The molecule has 0 aromatic rings. The maximum atomic E-state index is 3.37. The third-order valence-corrected chi connectivity index (χ3v) is 2.27. The number of piperazine rings is 1. The van der Waals surface area contributed by atoms with Crippen molar-refractivity contribution in [1.82, 2.24) is 10.2 Å². The van der Waals surface area contributed by atoms with Crippen molar-refractivity contribution < 1.29 is 0 Å². The zero-order valence-corrected chi connectivity index (χ0v) is 10.5. The van der Waals surface area contributed by atoms with E-state index in [0.717, 1.165) is 13.1 Å². The molecular formula is C11H28N2. The largest absolute Gasteiger partial charge is 0.314 e. The average Bonchev–Trinajstić information content (AvgIpc) is 2.20. The maximum absolute atomic E-state index is 3.37. The minimum atomic E-state index is 0.703. The van der Waals surface area contributed by atoms with Crippen LogP contribution in [0.4, 0.5) is 0 Å². The van der Waals surface area contributed by atoms with Gasteiger partial charge in [0.15, 0.2) is 0 Å². The van der Waals surface area contributed by atoms with Gasteiger partial charge in [0.25, 0.3) is 0 Å². The Labute approximate surface area is 84.7 Å². The van der Waals surface area contributed by atoms with Gasteiger partial charge in [-0.3, -0.25) is 4.90 Å². The third-order valence-electron chi connectivity index (χ3n) is 2.27. The normalized spacial score (nSPS) is 27.9. The molecule has 0 amide bonds. The number of hydrogen-bond acceptors (Lipinski definition) is 2. The van der Waals surface area contributed by atoms with Gasteiger partial charge in [0.05, 0.1) is 0 Å². The highest BCUT2D eigenvalue weighted by Crippen LogP contribution is 2.04. The molecule has 1 aliphatic heterocycles. The molecule has 1 fully saturated rings. The summed E-state index contributed by atoms with van der Waals surface area (Å²) < 4.78 is 0. The molecule has 13 heavy (non-hydrogen) atoms. The van der Waals surface area contributed by atoms with Crippen LogP contribution in [-0.4, -0.2) is 37.1 Å². The van der Waals surface area contributed by atoms with Crippen LogP contribution in [0, 0.1) is 0 Å². The van der Waals surface area contributed by atoms with Crippen LogP contribution in [0.5, 0.6) is 0 Å². The Morgan fingerprint density at radius 1 is 0.923 bits per heavy atom. The highest BCUT2D eigenvalue weighted by atomic mass is 15.2. The van der Waals surface area contributed by atoms with Gasteiger partial charge in [0.2, 0.25) is 0 Å². The van der Waals surface area contributed by atoms with E-state index in [2.05, 4.69) is 31.1 Å². The van der Waals surface area contributed by atoms with Crippen LogP contribution in [0.15, 0.2) is 0 Å². The first kappa shape index (κ1) is 15.4. The molecule has 0 aromatic heterocycles. The molecule has 2 atom stereocenters. The van der Waals surface area contributed by atoms with Gasteiger partial charge in [-0.05, 0) is 20.9 Å². The summed E-state index contributed by atoms with van der Waals surface area (Å²) in [6.07, 6.45) is 0. The number of hydrogen-bond donors (Lipinski definition) is 1. The minimum absolute atomic E-state index is 0.703. The monoisotopic (exact) mass is 188 g/mol. The fraction of sp³-hybridized carbons (Fsp3) is 1.00. The van der Waals surface area contributed by atoms with E-state index in [9.17, 15) is 0 Å². The molecule has 82 valence electrons. The lowest BCUT2D eigenvalue weighted by Crippen LogP contribution is -2.52. The third kappa shape index (κ3) is 6.05. The summed E-state index contributed by atoms with van der Waals surface area (Å²) in [7, 11) is 2.19. The predicted molar refractivity (Wildman–Crippen MR) is 62.3 cm³/mol. The van der Waals surface area contributed by atoms with E-state index in [0.29, 0.717) is 12.1 Å². The fourth-order valence-corrected chi connectivity index (χ4v) is 1.22. The van der Waals surface area contributed by atoms with Gasteiger partial charge in [0.1, 0.15) is 0 Å². The Kier molecular flexibility index (Phi) is 11.8. The van der Waals surface area contributed by atoms with Crippen LogP contribution in [0.1, 0.15) is 41.5 Å². The first-order valence-electron chi connectivity index (χ1n) is 5.64. The van der Waals surface area contributed by atoms with Gasteiger partial charge in [-0.25, -0.2) is 0 Å². The summed E-state index contributed by atoms with van der Waals surface area (Å²) in [6.45, 7) is 14.8. The van der Waals surface area contributed by atoms with E-state index in [1.165, 1.54) is 0 Å². The second-order valence-corrected chi connectivity index (χ2v) is 3.02. The van der Waals surface area contributed by atoms with Crippen LogP contribution in [0.25, 0.3) is 0 Å². The van der Waals surface area contributed by atoms with Crippen molar-refractivity contribution >= 4 is 0 Å². The zero-order valence-electron chi connectivity index (χ0n) is 10.5. The molecule has 0 aromatic carbocycles. The smallest absolute Gasteiger partial charge is 0.0192 e. The van der Waals surface area contributed by atoms with Gasteiger partial charge in [-0.15, -0.1) is 0 Å². The SMILES string of the molecule is CC.CC.CC1CNCC(C)N1C. The molecular weight excluding hydrogens is 160 g/mol. The van der Waals surface area contributed by atoms with Crippen molar-refractivity contribution in [2.75, 3.05) is 20.1 Å². The summed E-state index contributed by atoms with van der Waals surface area (Å²) >= 11 is 0. The minimum Gasteiger partial charge on any atom is -0.314 e. The Bertz CT molecular complexity index is 84.1. The van der Waals surface area contributed by atoms with Gasteiger partial charge < -0.3 is 5.32 Å². The van der Waals surface area contributed by atoms with Crippen LogP contribution >= 0.6 is 0 Å². The van der Waals surface area contributed by atoms with E-state index in [4.69, 9.17) is 0 Å². The fourth-order valence-electron chi connectivity index (χ4n) is 1.22. The lowest BCUT2D eigenvalue weighted by molar-refractivity contribution is 0.152. The Hall–Kier alpha value is -0.0800. The summed E-state index contributed by atoms with van der Waals surface area (Å²) in [4.78, 5) is 2.41. The van der Waals surface area contributed by atoms with Crippen LogP contribution in [0.3, 0.4) is 0 Å². The Balaban J connectivity index is 0. The summed E-state index contributed by atoms with van der Waals surface area (Å²) in [5, 5.41) is 3.37. The molecule has 1 aliphatic rings. The van der Waals surface area contributed by atoms with Crippen LogP contribution in [-0.2, 0) is 0 Å². The zero-order chi connectivity index (χ0) is 10.9. The standard InChI is InChI=1S/C7H16N2.2C2H6/c1-6-4-8-5-7(2)9(6)3;2*1-2/h6-8H,4-5H2,1-3H3;2*1-2H3. The highest BCUT2D eigenvalue weighted by Gasteiger charge is 2.19. The molecule has 0 radical (unpaired) electrons. The Morgan fingerprint density at radius 3 is 1.46 bits per heavy atom. The molecule has 1 N–H and O–H groups in total. The molecule has 0 saturated carbocycles. The van der Waals surface area contributed by atoms with Gasteiger partial charge in [0, 0.05) is 25.2 Å². The van der Waals surface area contributed by atoms with Gasteiger partial charge >= 0.3 is 0 Å². The van der Waals surface area contributed by atoms with Crippen LogP contribution < -0.4 is 5.32 Å². The maximum Gasteiger partial charge on any atom is 0.0192 e. The molecule has 1 heterocycles. The van der Waals surface area contributed by atoms with Gasteiger partial charge in [-0.2, -0.15) is 0 Å². The summed E-state index contributed by atoms with van der Waals surface area (Å²) in [5.41, 5.74) is 0. The molecule has 0 bridgehead atoms. The molecule has 0 aliphatic carbocycles. The van der Waals surface area contributed by atoms with E-state index in [1.54, 1.807) is 0 Å². The van der Waals surface area contributed by atoms with E-state index >= 15 is 0 Å². The van der Waals surface area contributed by atoms with E-state index in [-0.39, 0.29) is 0 Å². The molecule has 2 heteroatoms. The van der Waals surface area contributed by atoms with Crippen molar-refractivity contribution in [3.63, 3.8) is 0 Å². The quantitative estimate of drug-likeness (QED) is 0.628. The van der Waals surface area contributed by atoms with Crippen molar-refractivity contribution in [1.29, 1.82) is 0 Å². The summed E-state index contributed by atoms with van der Waals surface area (Å²) in [6, 6.07) is 1.41. The Morgan fingerprint density at radius 2 is 1.23 bits per heavy atom. The van der Waals surface area contributed by atoms with Crippen molar-refractivity contribution in [2.24, 2.45) is 0 Å². The first-order chi connectivity index (χ1) is 6.22. The van der Waals surface area contributed by atoms with Crippen molar-refractivity contribution in [3.05, 3.63) is 0 Å². The molecule has 2 unspecified atom stereocenters. The number of rotatable bonds is 0. The first-order valence-corrected chi connectivity index (χ1v) is 5.64. The van der Waals surface area contributed by atoms with Crippen molar-refractivity contribution in [3.8, 4) is 0 Å². The molecule has 1 saturated heterocycles. The predicted octanol–water partition coefficient (Wildman–Crippen LogP) is 2.35. The van der Waals surface area contributed by atoms with E-state index < -0.39 is 0 Å². The lowest BCUT2D eigenvalue weighted by atomic mass is 10.1. The van der Waals surface area contributed by atoms with Gasteiger partial charge in [-0.1, -0.05) is 27.7 Å². The molecule has 1 rings (SSSR count). The average molecular weight is 188 g/mol. The number of nitrogens with zero attached hydrogens (tertiary/aromatic N) is 1. The van der Waals surface area contributed by atoms with E-state index in [1.807, 2.05) is 27.7 Å². The molecule has 2 nitrogen and oxygen atoms in total. The van der Waals surface area contributed by atoms with Crippen molar-refractivity contribution in [2.45, 2.75) is 53.6 Å².